The van der Waals surface area contributed by atoms with Gasteiger partial charge in [-0.15, -0.1) is 5.10 Å². The predicted molar refractivity (Wildman–Crippen MR) is 118 cm³/mol. The Morgan fingerprint density at radius 1 is 1.10 bits per heavy atom. The number of nitrogens with one attached hydrogen (secondary N) is 1. The van der Waals surface area contributed by atoms with E-state index < -0.39 is 0 Å². The molecule has 31 heavy (non-hydrogen) atoms. The molecule has 2 aliphatic rings. The number of tetrazole rings is 1. The van der Waals surface area contributed by atoms with Crippen molar-refractivity contribution in [2.45, 2.75) is 50.7 Å². The zero-order valence-corrected chi connectivity index (χ0v) is 18.0. The van der Waals surface area contributed by atoms with Gasteiger partial charge in [-0.3, -0.25) is 0 Å². The molecule has 2 aromatic carbocycles. The van der Waals surface area contributed by atoms with E-state index in [1.54, 1.807) is 4.68 Å². The summed E-state index contributed by atoms with van der Waals surface area (Å²) in [5, 5.41) is 16.3. The van der Waals surface area contributed by atoms with Crippen molar-refractivity contribution in [1.82, 2.24) is 30.4 Å². The number of likely N-dealkylation sites (tertiary alicyclic amines) is 1. The molecule has 1 N–H and O–H groups in total. The number of carbonyl (C=O) groups excluding carboxylic acids is 1. The zero-order valence-electron chi connectivity index (χ0n) is 17.2. The average molecular weight is 437 g/mol. The summed E-state index contributed by atoms with van der Waals surface area (Å²) in [5.74, 6) is 0.728. The highest BCUT2D eigenvalue weighted by molar-refractivity contribution is 6.30. The minimum absolute atomic E-state index is 0.0368. The Morgan fingerprint density at radius 3 is 2.81 bits per heavy atom. The maximum absolute atomic E-state index is 13.3. The molecule has 0 spiro atoms. The minimum Gasteiger partial charge on any atom is -0.331 e. The van der Waals surface area contributed by atoms with Crippen molar-refractivity contribution in [2.75, 3.05) is 6.54 Å². The predicted octanol–water partition coefficient (Wildman–Crippen LogP) is 4.30. The van der Waals surface area contributed by atoms with Gasteiger partial charge in [0, 0.05) is 11.6 Å². The molecule has 2 atom stereocenters. The summed E-state index contributed by atoms with van der Waals surface area (Å²) >= 11 is 6.00. The Hall–Kier alpha value is -2.93. The molecule has 0 bridgehead atoms. The second-order valence-corrected chi connectivity index (χ2v) is 8.70. The van der Waals surface area contributed by atoms with Gasteiger partial charge in [-0.1, -0.05) is 48.0 Å². The number of hydrogen-bond acceptors (Lipinski definition) is 4. The molecule has 1 fully saturated rings. The molecule has 1 aliphatic heterocycles. The molecular formula is C23H25ClN6O. The van der Waals surface area contributed by atoms with Gasteiger partial charge in [-0.25, -0.2) is 9.48 Å². The van der Waals surface area contributed by atoms with E-state index in [0.29, 0.717) is 18.1 Å². The SMILES string of the molecule is O=C(N[C@H]1CCCc2ccccc21)N1CCC[C@@H]1c1nnnn1Cc1ccc(Cl)cc1. The molecule has 1 aromatic heterocycles. The number of carbonyl (C=O) groups is 1. The summed E-state index contributed by atoms with van der Waals surface area (Å²) in [7, 11) is 0. The van der Waals surface area contributed by atoms with Crippen LogP contribution < -0.4 is 5.32 Å². The van der Waals surface area contributed by atoms with Crippen LogP contribution in [0.15, 0.2) is 48.5 Å². The van der Waals surface area contributed by atoms with E-state index in [-0.39, 0.29) is 18.1 Å². The van der Waals surface area contributed by atoms with Gasteiger partial charge in [-0.2, -0.15) is 0 Å². The van der Waals surface area contributed by atoms with Gasteiger partial charge in [0.15, 0.2) is 5.82 Å². The van der Waals surface area contributed by atoms with E-state index in [2.05, 4.69) is 39.0 Å². The van der Waals surface area contributed by atoms with Crippen LogP contribution in [-0.4, -0.2) is 37.7 Å². The van der Waals surface area contributed by atoms with Gasteiger partial charge in [0.05, 0.1) is 18.6 Å². The number of amides is 2. The number of benzene rings is 2. The van der Waals surface area contributed by atoms with Gasteiger partial charge >= 0.3 is 6.03 Å². The molecule has 0 radical (unpaired) electrons. The van der Waals surface area contributed by atoms with Crippen LogP contribution in [0.25, 0.3) is 0 Å². The number of nitrogens with zero attached hydrogens (tertiary/aromatic N) is 5. The number of fused-ring (bicyclic) bond motifs is 1. The third kappa shape index (κ3) is 4.14. The molecule has 8 heteroatoms. The number of aromatic nitrogens is 4. The van der Waals surface area contributed by atoms with E-state index >= 15 is 0 Å². The van der Waals surface area contributed by atoms with Crippen molar-refractivity contribution in [2.24, 2.45) is 0 Å². The van der Waals surface area contributed by atoms with Crippen LogP contribution in [0.3, 0.4) is 0 Å². The molecule has 5 rings (SSSR count). The summed E-state index contributed by atoms with van der Waals surface area (Å²) in [6.07, 6.45) is 4.93. The third-order valence-electron chi connectivity index (χ3n) is 6.28. The maximum Gasteiger partial charge on any atom is 0.318 e. The molecule has 160 valence electrons. The molecule has 1 aliphatic carbocycles. The average Bonchev–Trinajstić information content (AvgIpc) is 3.45. The molecule has 3 aromatic rings. The van der Waals surface area contributed by atoms with Crippen molar-refractivity contribution in [3.63, 3.8) is 0 Å². The van der Waals surface area contributed by atoms with Crippen molar-refractivity contribution < 1.29 is 4.79 Å². The highest BCUT2D eigenvalue weighted by Crippen LogP contribution is 2.33. The lowest BCUT2D eigenvalue weighted by molar-refractivity contribution is 0.184. The second-order valence-electron chi connectivity index (χ2n) is 8.27. The Balaban J connectivity index is 1.32. The topological polar surface area (TPSA) is 75.9 Å². The van der Waals surface area contributed by atoms with E-state index in [1.165, 1.54) is 11.1 Å². The zero-order chi connectivity index (χ0) is 21.2. The van der Waals surface area contributed by atoms with Crippen LogP contribution in [0.5, 0.6) is 0 Å². The van der Waals surface area contributed by atoms with Crippen molar-refractivity contribution in [1.29, 1.82) is 0 Å². The lowest BCUT2D eigenvalue weighted by atomic mass is 9.88. The Labute approximate surface area is 186 Å². The summed E-state index contributed by atoms with van der Waals surface area (Å²) in [6, 6.07) is 16.0. The van der Waals surface area contributed by atoms with Gasteiger partial charge < -0.3 is 10.2 Å². The summed E-state index contributed by atoms with van der Waals surface area (Å²) in [4.78, 5) is 15.1. The normalized spacial score (nSPS) is 20.5. The van der Waals surface area contributed by atoms with Crippen LogP contribution in [0.2, 0.25) is 5.02 Å². The molecular weight excluding hydrogens is 412 g/mol. The molecule has 2 heterocycles. The molecule has 7 nitrogen and oxygen atoms in total. The summed E-state index contributed by atoms with van der Waals surface area (Å²) in [5.41, 5.74) is 3.64. The van der Waals surface area contributed by atoms with Crippen LogP contribution >= 0.6 is 11.6 Å². The summed E-state index contributed by atoms with van der Waals surface area (Å²) < 4.78 is 1.79. The number of rotatable bonds is 4. The smallest absolute Gasteiger partial charge is 0.318 e. The van der Waals surface area contributed by atoms with Crippen molar-refractivity contribution >= 4 is 17.6 Å². The molecule has 0 unspecified atom stereocenters. The van der Waals surface area contributed by atoms with Gasteiger partial charge in [-0.05, 0) is 71.4 Å². The summed E-state index contributed by atoms with van der Waals surface area (Å²) in [6.45, 7) is 1.25. The first-order chi connectivity index (χ1) is 15.2. The van der Waals surface area contributed by atoms with E-state index in [1.807, 2.05) is 35.2 Å². The largest absolute Gasteiger partial charge is 0.331 e. The fourth-order valence-corrected chi connectivity index (χ4v) is 4.87. The van der Waals surface area contributed by atoms with Crippen LogP contribution in [0, 0.1) is 0 Å². The Kier molecular flexibility index (Phi) is 5.59. The number of halogens is 1. The van der Waals surface area contributed by atoms with Gasteiger partial charge in [0.2, 0.25) is 0 Å². The van der Waals surface area contributed by atoms with Gasteiger partial charge in [0.25, 0.3) is 0 Å². The van der Waals surface area contributed by atoms with Crippen molar-refractivity contribution in [3.05, 3.63) is 76.1 Å². The van der Waals surface area contributed by atoms with E-state index in [4.69, 9.17) is 11.6 Å². The quantitative estimate of drug-likeness (QED) is 0.661. The minimum atomic E-state index is -0.124. The Morgan fingerprint density at radius 2 is 1.94 bits per heavy atom. The number of hydrogen-bond donors (Lipinski definition) is 1. The van der Waals surface area contributed by atoms with E-state index in [9.17, 15) is 4.79 Å². The maximum atomic E-state index is 13.3. The highest BCUT2D eigenvalue weighted by Gasteiger charge is 2.35. The van der Waals surface area contributed by atoms with E-state index in [0.717, 1.165) is 43.5 Å². The molecule has 1 saturated heterocycles. The van der Waals surface area contributed by atoms with Crippen LogP contribution in [0.4, 0.5) is 4.79 Å². The first kappa shape index (κ1) is 20.0. The monoisotopic (exact) mass is 436 g/mol. The molecule has 0 saturated carbocycles. The highest BCUT2D eigenvalue weighted by atomic mass is 35.5. The first-order valence-corrected chi connectivity index (χ1v) is 11.2. The second kappa shape index (κ2) is 8.67. The van der Waals surface area contributed by atoms with Crippen molar-refractivity contribution in [3.8, 4) is 0 Å². The lowest BCUT2D eigenvalue weighted by Gasteiger charge is -2.30. The van der Waals surface area contributed by atoms with Crippen LogP contribution in [0.1, 0.15) is 60.3 Å². The fraction of sp³-hybridized carbons (Fsp3) is 0.391. The third-order valence-corrected chi connectivity index (χ3v) is 6.54. The van der Waals surface area contributed by atoms with Crippen LogP contribution in [-0.2, 0) is 13.0 Å². The fourth-order valence-electron chi connectivity index (χ4n) is 4.74. The Bertz CT molecular complexity index is 1070. The standard InChI is InChI=1S/C23H25ClN6O/c24-18-12-10-16(11-13-18)15-30-22(26-27-28-30)21-9-4-14-29(21)23(31)25-20-8-3-6-17-5-1-2-7-19(17)20/h1-2,5,7,10-13,20-21H,3-4,6,8-9,14-15H2,(H,25,31)/t20-,21+/m0/s1. The number of urea groups is 1. The number of aryl methyl sites for hydroxylation is 1. The first-order valence-electron chi connectivity index (χ1n) is 10.8. The van der Waals surface area contributed by atoms with Gasteiger partial charge in [0.1, 0.15) is 0 Å². The molecule has 2 amide bonds. The lowest BCUT2D eigenvalue weighted by Crippen LogP contribution is -2.42.